The highest BCUT2D eigenvalue weighted by molar-refractivity contribution is 7.91. The van der Waals surface area contributed by atoms with Gasteiger partial charge in [-0.3, -0.25) is 4.79 Å². The molecule has 1 fully saturated rings. The van der Waals surface area contributed by atoms with E-state index in [1.165, 1.54) is 0 Å². The summed E-state index contributed by atoms with van der Waals surface area (Å²) >= 11 is 0. The first kappa shape index (κ1) is 19.4. The number of aryl methyl sites for hydroxylation is 2. The maximum atomic E-state index is 12.3. The van der Waals surface area contributed by atoms with Crippen LogP contribution in [0, 0.1) is 13.8 Å². The molecule has 0 saturated carbocycles. The van der Waals surface area contributed by atoms with Gasteiger partial charge in [0.05, 0.1) is 29.8 Å². The van der Waals surface area contributed by atoms with Crippen LogP contribution in [0.2, 0.25) is 0 Å². The van der Waals surface area contributed by atoms with Crippen molar-refractivity contribution in [1.82, 2.24) is 9.78 Å². The number of ether oxygens (including phenoxy) is 1. The van der Waals surface area contributed by atoms with Gasteiger partial charge in [-0.1, -0.05) is 18.2 Å². The Morgan fingerprint density at radius 3 is 2.81 bits per heavy atom. The molecule has 27 heavy (non-hydrogen) atoms. The van der Waals surface area contributed by atoms with Crippen LogP contribution >= 0.6 is 0 Å². The van der Waals surface area contributed by atoms with Crippen LogP contribution in [-0.4, -0.2) is 42.2 Å². The summed E-state index contributed by atoms with van der Waals surface area (Å²) in [7, 11) is -3.02. The van der Waals surface area contributed by atoms with Gasteiger partial charge in [-0.2, -0.15) is 5.10 Å². The van der Waals surface area contributed by atoms with Gasteiger partial charge in [0.2, 0.25) is 5.91 Å². The van der Waals surface area contributed by atoms with E-state index in [2.05, 4.69) is 10.4 Å². The van der Waals surface area contributed by atoms with Gasteiger partial charge < -0.3 is 10.1 Å². The molecule has 1 aromatic carbocycles. The molecule has 0 spiro atoms. The second kappa shape index (κ2) is 8.12. The van der Waals surface area contributed by atoms with Gasteiger partial charge in [0.15, 0.2) is 9.84 Å². The standard InChI is InChI=1S/C19H25N3O4S/c1-14-6-3-4-7-17(14)26-10-5-8-19(23)20-18-12-15(2)21-22(18)16-9-11-27(24,25)13-16/h3-4,6-7,12,16H,5,8-11,13H2,1-2H3,(H,20,23). The SMILES string of the molecule is Cc1cc(NC(=O)CCCOc2ccccc2C)n(C2CCS(=O)(=O)C2)n1. The number of hydrogen-bond donors (Lipinski definition) is 1. The average molecular weight is 391 g/mol. The van der Waals surface area contributed by atoms with Crippen molar-refractivity contribution in [3.05, 3.63) is 41.6 Å². The molecular weight excluding hydrogens is 366 g/mol. The van der Waals surface area contributed by atoms with Gasteiger partial charge in [-0.15, -0.1) is 0 Å². The van der Waals surface area contributed by atoms with Crippen LogP contribution in [0.1, 0.15) is 36.6 Å². The number of para-hydroxylation sites is 1. The van der Waals surface area contributed by atoms with Crippen LogP contribution < -0.4 is 10.1 Å². The summed E-state index contributed by atoms with van der Waals surface area (Å²) in [5, 5.41) is 7.23. The van der Waals surface area contributed by atoms with Crippen molar-refractivity contribution in [3.63, 3.8) is 0 Å². The number of carbonyl (C=O) groups excluding carboxylic acids is 1. The number of rotatable bonds is 7. The zero-order chi connectivity index (χ0) is 19.4. The molecule has 2 aromatic rings. The number of benzene rings is 1. The highest BCUT2D eigenvalue weighted by Gasteiger charge is 2.31. The summed E-state index contributed by atoms with van der Waals surface area (Å²) in [6, 6.07) is 9.31. The van der Waals surface area contributed by atoms with Crippen molar-refractivity contribution in [2.75, 3.05) is 23.4 Å². The molecule has 0 radical (unpaired) electrons. The molecule has 1 saturated heterocycles. The van der Waals surface area contributed by atoms with Crippen LogP contribution in [0.25, 0.3) is 0 Å². The fraction of sp³-hybridized carbons (Fsp3) is 0.474. The van der Waals surface area contributed by atoms with Crippen molar-refractivity contribution in [1.29, 1.82) is 0 Å². The zero-order valence-corrected chi connectivity index (χ0v) is 16.5. The van der Waals surface area contributed by atoms with Crippen LogP contribution in [0.15, 0.2) is 30.3 Å². The van der Waals surface area contributed by atoms with Crippen molar-refractivity contribution >= 4 is 21.6 Å². The molecule has 3 rings (SSSR count). The van der Waals surface area contributed by atoms with E-state index in [9.17, 15) is 13.2 Å². The van der Waals surface area contributed by atoms with Gasteiger partial charge in [-0.05, 0) is 38.3 Å². The Hall–Kier alpha value is -2.35. The minimum Gasteiger partial charge on any atom is -0.493 e. The van der Waals surface area contributed by atoms with Gasteiger partial charge in [0.1, 0.15) is 11.6 Å². The Balaban J connectivity index is 1.52. The van der Waals surface area contributed by atoms with E-state index in [0.717, 1.165) is 17.0 Å². The third-order valence-corrected chi connectivity index (χ3v) is 6.33. The van der Waals surface area contributed by atoms with Crippen LogP contribution in [0.3, 0.4) is 0 Å². The first-order valence-electron chi connectivity index (χ1n) is 9.09. The summed E-state index contributed by atoms with van der Waals surface area (Å²) in [4.78, 5) is 12.3. The number of anilines is 1. The van der Waals surface area contributed by atoms with E-state index in [1.54, 1.807) is 10.7 Å². The van der Waals surface area contributed by atoms with Crippen molar-refractivity contribution in [3.8, 4) is 5.75 Å². The van der Waals surface area contributed by atoms with Crippen molar-refractivity contribution in [2.24, 2.45) is 0 Å². The molecule has 1 amide bonds. The van der Waals surface area contributed by atoms with Crippen molar-refractivity contribution in [2.45, 2.75) is 39.2 Å². The third kappa shape index (κ3) is 5.09. The lowest BCUT2D eigenvalue weighted by atomic mass is 10.2. The summed E-state index contributed by atoms with van der Waals surface area (Å²) in [6.07, 6.45) is 1.43. The minimum absolute atomic E-state index is 0.0707. The number of aromatic nitrogens is 2. The summed E-state index contributed by atoms with van der Waals surface area (Å²) in [5.41, 5.74) is 1.81. The largest absolute Gasteiger partial charge is 0.493 e. The molecule has 146 valence electrons. The molecule has 1 atom stereocenters. The predicted molar refractivity (Wildman–Crippen MR) is 104 cm³/mol. The molecular formula is C19H25N3O4S. The summed E-state index contributed by atoms with van der Waals surface area (Å²) < 4.78 is 30.8. The third-order valence-electron chi connectivity index (χ3n) is 4.58. The van der Waals surface area contributed by atoms with Crippen molar-refractivity contribution < 1.29 is 17.9 Å². The minimum atomic E-state index is -3.02. The zero-order valence-electron chi connectivity index (χ0n) is 15.6. The first-order valence-corrected chi connectivity index (χ1v) is 10.9. The number of carbonyl (C=O) groups is 1. The Labute approximate surface area is 159 Å². The van der Waals surface area contributed by atoms with E-state index in [1.807, 2.05) is 38.1 Å². The number of hydrogen-bond acceptors (Lipinski definition) is 5. The number of amides is 1. The molecule has 7 nitrogen and oxygen atoms in total. The predicted octanol–water partition coefficient (Wildman–Crippen LogP) is 2.66. The molecule has 0 aliphatic carbocycles. The fourth-order valence-corrected chi connectivity index (χ4v) is 4.89. The lowest BCUT2D eigenvalue weighted by Gasteiger charge is -2.14. The lowest BCUT2D eigenvalue weighted by Crippen LogP contribution is -2.19. The molecule has 2 heterocycles. The maximum absolute atomic E-state index is 12.3. The van der Waals surface area contributed by atoms with Gasteiger partial charge in [0, 0.05) is 12.5 Å². The summed E-state index contributed by atoms with van der Waals surface area (Å²) in [6.45, 7) is 4.26. The fourth-order valence-electron chi connectivity index (χ4n) is 3.20. The second-order valence-electron chi connectivity index (χ2n) is 6.94. The Morgan fingerprint density at radius 1 is 1.33 bits per heavy atom. The van der Waals surface area contributed by atoms with Crippen LogP contribution in [0.4, 0.5) is 5.82 Å². The number of nitrogens with zero attached hydrogens (tertiary/aromatic N) is 2. The Kier molecular flexibility index (Phi) is 5.84. The molecule has 1 aliphatic heterocycles. The molecule has 1 aromatic heterocycles. The van der Waals surface area contributed by atoms with Gasteiger partial charge in [-0.25, -0.2) is 13.1 Å². The maximum Gasteiger partial charge on any atom is 0.225 e. The monoisotopic (exact) mass is 391 g/mol. The molecule has 1 N–H and O–H groups in total. The average Bonchev–Trinajstić information content (AvgIpc) is 3.14. The van der Waals surface area contributed by atoms with E-state index >= 15 is 0 Å². The van der Waals surface area contributed by atoms with Gasteiger partial charge >= 0.3 is 0 Å². The van der Waals surface area contributed by atoms with E-state index in [0.29, 0.717) is 31.7 Å². The summed E-state index contributed by atoms with van der Waals surface area (Å²) in [5.74, 6) is 1.49. The van der Waals surface area contributed by atoms with Gasteiger partial charge in [0.25, 0.3) is 0 Å². The Bertz CT molecular complexity index is 921. The lowest BCUT2D eigenvalue weighted by molar-refractivity contribution is -0.116. The number of sulfone groups is 1. The molecule has 1 unspecified atom stereocenters. The highest BCUT2D eigenvalue weighted by atomic mass is 32.2. The topological polar surface area (TPSA) is 90.3 Å². The van der Waals surface area contributed by atoms with E-state index in [-0.39, 0.29) is 23.5 Å². The number of nitrogens with one attached hydrogen (secondary N) is 1. The Morgan fingerprint density at radius 2 is 2.11 bits per heavy atom. The second-order valence-corrected chi connectivity index (χ2v) is 9.17. The smallest absolute Gasteiger partial charge is 0.225 e. The quantitative estimate of drug-likeness (QED) is 0.733. The highest BCUT2D eigenvalue weighted by Crippen LogP contribution is 2.27. The molecule has 8 heteroatoms. The molecule has 0 bridgehead atoms. The normalized spacial score (nSPS) is 18.4. The van der Waals surface area contributed by atoms with E-state index < -0.39 is 9.84 Å². The van der Waals surface area contributed by atoms with Crippen LogP contribution in [-0.2, 0) is 14.6 Å². The van der Waals surface area contributed by atoms with E-state index in [4.69, 9.17) is 4.74 Å². The molecule has 1 aliphatic rings. The van der Waals surface area contributed by atoms with Crippen LogP contribution in [0.5, 0.6) is 5.75 Å². The first-order chi connectivity index (χ1) is 12.8.